The summed E-state index contributed by atoms with van der Waals surface area (Å²) in [6.45, 7) is 2.08. The van der Waals surface area contributed by atoms with Crippen molar-refractivity contribution in [3.63, 3.8) is 0 Å². The minimum Gasteiger partial charge on any atom is -0.291 e. The van der Waals surface area contributed by atoms with Gasteiger partial charge in [-0.25, -0.2) is 4.98 Å². The normalized spacial score (nSPS) is 11.7. The van der Waals surface area contributed by atoms with Crippen LogP contribution in [0.5, 0.6) is 0 Å². The first kappa shape index (κ1) is 17.6. The Labute approximate surface area is 168 Å². The van der Waals surface area contributed by atoms with Gasteiger partial charge in [-0.3, -0.25) is 23.1 Å². The van der Waals surface area contributed by atoms with Crippen molar-refractivity contribution in [1.82, 2.24) is 28.7 Å². The number of rotatable bonds is 2. The van der Waals surface area contributed by atoms with Crippen LogP contribution in [0.1, 0.15) is 11.4 Å². The summed E-state index contributed by atoms with van der Waals surface area (Å²) in [5.41, 5.74) is 1.88. The average molecular weight is 407 g/mol. The van der Waals surface area contributed by atoms with Gasteiger partial charge in [-0.05, 0) is 37.3 Å². The summed E-state index contributed by atoms with van der Waals surface area (Å²) < 4.78 is 4.71. The topological polar surface area (TPSA) is 87.1 Å². The van der Waals surface area contributed by atoms with Crippen molar-refractivity contribution < 1.29 is 0 Å². The van der Waals surface area contributed by atoms with Crippen LogP contribution in [0.4, 0.5) is 0 Å². The van der Waals surface area contributed by atoms with Crippen molar-refractivity contribution >= 4 is 39.2 Å². The molecule has 0 atom stereocenters. The first-order valence-corrected chi connectivity index (χ1v) is 9.30. The molecule has 5 rings (SSSR count). The number of nitrogens with zero attached hydrogens (tertiary/aromatic N) is 6. The van der Waals surface area contributed by atoms with Crippen LogP contribution in [0.3, 0.4) is 0 Å². The van der Waals surface area contributed by atoms with Gasteiger partial charge in [0.15, 0.2) is 5.82 Å². The number of fused-ring (bicyclic) bond motifs is 4. The van der Waals surface area contributed by atoms with E-state index in [0.29, 0.717) is 38.4 Å². The molecule has 0 amide bonds. The van der Waals surface area contributed by atoms with E-state index < -0.39 is 0 Å². The van der Waals surface area contributed by atoms with Gasteiger partial charge in [-0.1, -0.05) is 23.2 Å². The van der Waals surface area contributed by atoms with E-state index in [1.54, 1.807) is 29.6 Å². The zero-order valence-corrected chi connectivity index (χ0v) is 16.4. The molecule has 0 unspecified atom stereocenters. The molecule has 3 aromatic heterocycles. The fraction of sp³-hybridized carbons (Fsp3) is 0.150. The first-order valence-electron chi connectivity index (χ1n) is 8.92. The van der Waals surface area contributed by atoms with E-state index in [0.717, 1.165) is 5.56 Å². The zero-order chi connectivity index (χ0) is 20.3. The molecular formula is C20H15ClN6O2. The van der Waals surface area contributed by atoms with Crippen LogP contribution in [-0.4, -0.2) is 28.7 Å². The summed E-state index contributed by atoms with van der Waals surface area (Å²) in [7, 11) is 1.66. The van der Waals surface area contributed by atoms with Crippen molar-refractivity contribution in [2.45, 2.75) is 13.5 Å². The maximum Gasteiger partial charge on any atom is 0.262 e. The molecule has 5 aromatic rings. The van der Waals surface area contributed by atoms with Gasteiger partial charge >= 0.3 is 0 Å². The molecule has 8 nitrogen and oxygen atoms in total. The Kier molecular flexibility index (Phi) is 3.78. The summed E-state index contributed by atoms with van der Waals surface area (Å²) >= 11 is 6.04. The third-order valence-corrected chi connectivity index (χ3v) is 5.27. The van der Waals surface area contributed by atoms with E-state index in [-0.39, 0.29) is 17.7 Å². The van der Waals surface area contributed by atoms with Gasteiger partial charge in [0.05, 0.1) is 34.7 Å². The van der Waals surface area contributed by atoms with Gasteiger partial charge in [0.25, 0.3) is 11.1 Å². The largest absolute Gasteiger partial charge is 0.291 e. The van der Waals surface area contributed by atoms with Gasteiger partial charge in [0.2, 0.25) is 5.78 Å². The van der Waals surface area contributed by atoms with Gasteiger partial charge in [0.1, 0.15) is 0 Å². The first-order chi connectivity index (χ1) is 13.9. The Hall–Kier alpha value is -3.52. The molecule has 9 heteroatoms. The molecular weight excluding hydrogens is 392 g/mol. The third kappa shape index (κ3) is 2.64. The van der Waals surface area contributed by atoms with Gasteiger partial charge in [0, 0.05) is 12.1 Å². The monoisotopic (exact) mass is 406 g/mol. The summed E-state index contributed by atoms with van der Waals surface area (Å²) in [6.07, 6.45) is 1.48. The Bertz CT molecular complexity index is 1560. The van der Waals surface area contributed by atoms with Crippen molar-refractivity contribution in [2.24, 2.45) is 7.05 Å². The van der Waals surface area contributed by atoms with Gasteiger partial charge in [-0.15, -0.1) is 10.2 Å². The van der Waals surface area contributed by atoms with Crippen molar-refractivity contribution in [3.05, 3.63) is 79.8 Å². The number of hydrogen-bond acceptors (Lipinski definition) is 5. The van der Waals surface area contributed by atoms with E-state index in [4.69, 9.17) is 11.6 Å². The molecule has 29 heavy (non-hydrogen) atoms. The average Bonchev–Trinajstić information content (AvgIpc) is 3.12. The highest BCUT2D eigenvalue weighted by molar-refractivity contribution is 6.31. The number of hydrogen-bond donors (Lipinski definition) is 0. The lowest BCUT2D eigenvalue weighted by atomic mass is 10.1. The molecule has 144 valence electrons. The smallest absolute Gasteiger partial charge is 0.262 e. The fourth-order valence-electron chi connectivity index (χ4n) is 3.56. The molecule has 0 N–H and O–H groups in total. The van der Waals surface area contributed by atoms with Crippen molar-refractivity contribution in [1.29, 1.82) is 0 Å². The van der Waals surface area contributed by atoms with E-state index in [1.165, 1.54) is 15.5 Å². The molecule has 0 aliphatic rings. The van der Waals surface area contributed by atoms with E-state index in [9.17, 15) is 9.59 Å². The Morgan fingerprint density at radius 2 is 1.83 bits per heavy atom. The highest BCUT2D eigenvalue weighted by atomic mass is 35.5. The maximum atomic E-state index is 12.9. The van der Waals surface area contributed by atoms with Crippen molar-refractivity contribution in [3.8, 4) is 0 Å². The molecule has 0 saturated heterocycles. The van der Waals surface area contributed by atoms with E-state index >= 15 is 0 Å². The lowest BCUT2D eigenvalue weighted by Crippen LogP contribution is -2.23. The van der Waals surface area contributed by atoms with Gasteiger partial charge in [-0.2, -0.15) is 0 Å². The number of benzene rings is 2. The molecule has 0 radical (unpaired) electrons. The molecule has 0 bridgehead atoms. The number of halogens is 1. The minimum absolute atomic E-state index is 0.144. The van der Waals surface area contributed by atoms with E-state index in [2.05, 4.69) is 15.2 Å². The summed E-state index contributed by atoms with van der Waals surface area (Å²) in [5, 5.41) is 9.89. The third-order valence-electron chi connectivity index (χ3n) is 5.04. The number of aryl methyl sites for hydroxylation is 2. The zero-order valence-electron chi connectivity index (χ0n) is 15.6. The standard InChI is InChI=1S/C20H15ClN6O2/c1-11-3-6-16-14(7-11)18(28)25(2)20-24-23-17(27(16)20)9-26-10-22-15-5-4-12(21)8-13(15)19(26)29/h3-8,10H,9H2,1-2H3. The molecule has 0 spiro atoms. The quantitative estimate of drug-likeness (QED) is 0.449. The van der Waals surface area contributed by atoms with Crippen LogP contribution in [0.2, 0.25) is 5.02 Å². The predicted molar refractivity (Wildman–Crippen MR) is 111 cm³/mol. The lowest BCUT2D eigenvalue weighted by molar-refractivity contribution is 0.700. The maximum absolute atomic E-state index is 12.9. The SMILES string of the molecule is Cc1ccc2c(c1)c(=O)n(C)c1nnc(Cn3cnc4ccc(Cl)cc4c3=O)n21. The summed E-state index contributed by atoms with van der Waals surface area (Å²) in [4.78, 5) is 30.0. The van der Waals surface area contributed by atoms with Crippen molar-refractivity contribution in [2.75, 3.05) is 0 Å². The Balaban J connectivity index is 1.76. The second-order valence-electron chi connectivity index (χ2n) is 6.98. The predicted octanol–water partition coefficient (Wildman–Crippen LogP) is 2.30. The Morgan fingerprint density at radius 3 is 2.66 bits per heavy atom. The number of aromatic nitrogens is 6. The van der Waals surface area contributed by atoms with Crippen LogP contribution in [0.15, 0.2) is 52.3 Å². The fourth-order valence-corrected chi connectivity index (χ4v) is 3.73. The molecule has 0 aliphatic carbocycles. The second kappa shape index (κ2) is 6.25. The van der Waals surface area contributed by atoms with Crippen LogP contribution in [-0.2, 0) is 13.6 Å². The highest BCUT2D eigenvalue weighted by Crippen LogP contribution is 2.17. The molecule has 0 saturated carbocycles. The van der Waals surface area contributed by atoms with Crippen LogP contribution in [0, 0.1) is 6.92 Å². The lowest BCUT2D eigenvalue weighted by Gasteiger charge is -2.10. The molecule has 0 fully saturated rings. The van der Waals surface area contributed by atoms with Crippen LogP contribution >= 0.6 is 11.6 Å². The van der Waals surface area contributed by atoms with Crippen LogP contribution in [0.25, 0.3) is 27.6 Å². The Morgan fingerprint density at radius 1 is 1.00 bits per heavy atom. The van der Waals surface area contributed by atoms with Gasteiger partial charge < -0.3 is 0 Å². The molecule has 2 aromatic carbocycles. The molecule has 3 heterocycles. The summed E-state index contributed by atoms with van der Waals surface area (Å²) in [6, 6.07) is 10.6. The minimum atomic E-state index is -0.223. The second-order valence-corrected chi connectivity index (χ2v) is 7.41. The highest BCUT2D eigenvalue weighted by Gasteiger charge is 2.16. The van der Waals surface area contributed by atoms with E-state index in [1.807, 2.05) is 25.1 Å². The summed E-state index contributed by atoms with van der Waals surface area (Å²) in [5.74, 6) is 0.931. The molecule has 0 aliphatic heterocycles. The van der Waals surface area contributed by atoms with Crippen LogP contribution < -0.4 is 11.1 Å².